The van der Waals surface area contributed by atoms with Gasteiger partial charge in [-0.3, -0.25) is 4.79 Å². The lowest BCUT2D eigenvalue weighted by molar-refractivity contribution is 0.302. The zero-order chi connectivity index (χ0) is 25.3. The van der Waals surface area contributed by atoms with Crippen molar-refractivity contribution in [2.75, 3.05) is 0 Å². The first kappa shape index (κ1) is 26.4. The fourth-order valence-corrected chi connectivity index (χ4v) is 5.63. The first-order valence-corrected chi connectivity index (χ1v) is 13.6. The van der Waals surface area contributed by atoms with Gasteiger partial charge in [-0.1, -0.05) is 59.0 Å². The molecule has 0 aliphatic heterocycles. The number of fused-ring (bicyclic) bond motifs is 1. The van der Waals surface area contributed by atoms with Crippen LogP contribution in [0.15, 0.2) is 71.8 Å². The van der Waals surface area contributed by atoms with Crippen molar-refractivity contribution in [3.8, 4) is 5.75 Å². The lowest BCUT2D eigenvalue weighted by Crippen LogP contribution is -2.23. The summed E-state index contributed by atoms with van der Waals surface area (Å²) in [7, 11) is 0. The van der Waals surface area contributed by atoms with E-state index in [1.54, 1.807) is 24.4 Å². The summed E-state index contributed by atoms with van der Waals surface area (Å²) in [6, 6.07) is 14.4. The molecule has 0 aliphatic rings. The zero-order valence-corrected chi connectivity index (χ0v) is 24.8. The Morgan fingerprint density at radius 1 is 1.06 bits per heavy atom. The van der Waals surface area contributed by atoms with Crippen LogP contribution >= 0.6 is 71.0 Å². The number of halogens is 5. The molecule has 3 aromatic carbocycles. The van der Waals surface area contributed by atoms with Crippen LogP contribution < -0.4 is 10.3 Å². The van der Waals surface area contributed by atoms with Crippen molar-refractivity contribution < 1.29 is 4.74 Å². The van der Waals surface area contributed by atoms with Gasteiger partial charge in [0.25, 0.3) is 5.56 Å². The number of hydrogen-bond acceptors (Lipinski definition) is 4. The van der Waals surface area contributed by atoms with Gasteiger partial charge in [-0.05, 0) is 79.9 Å². The normalized spacial score (nSPS) is 11.7. The molecule has 35 heavy (non-hydrogen) atoms. The van der Waals surface area contributed by atoms with Gasteiger partial charge >= 0.3 is 0 Å². The fourth-order valence-electron chi connectivity index (χ4n) is 3.36. The van der Waals surface area contributed by atoms with E-state index >= 15 is 0 Å². The predicted octanol–water partition coefficient (Wildman–Crippen LogP) is 8.58. The van der Waals surface area contributed by atoms with Crippen LogP contribution in [0.3, 0.4) is 0 Å². The topological polar surface area (TPSA) is 56.5 Å². The van der Waals surface area contributed by atoms with E-state index in [1.165, 1.54) is 4.68 Å². The molecule has 0 bridgehead atoms. The van der Waals surface area contributed by atoms with Gasteiger partial charge in [0.15, 0.2) is 0 Å². The van der Waals surface area contributed by atoms with Crippen molar-refractivity contribution in [1.82, 2.24) is 9.66 Å². The van der Waals surface area contributed by atoms with Gasteiger partial charge in [0.05, 0.1) is 26.1 Å². The third-order valence-corrected chi connectivity index (χ3v) is 7.34. The van der Waals surface area contributed by atoms with Gasteiger partial charge in [-0.15, -0.1) is 0 Å². The van der Waals surface area contributed by atoms with Gasteiger partial charge < -0.3 is 4.74 Å². The van der Waals surface area contributed by atoms with Crippen LogP contribution in [0.25, 0.3) is 10.9 Å². The highest BCUT2D eigenvalue weighted by molar-refractivity contribution is 9.11. The molecule has 180 valence electrons. The molecule has 0 amide bonds. The maximum Gasteiger partial charge on any atom is 0.282 e. The molecule has 0 saturated carbocycles. The molecular formula is C25H18Br3Cl2N3O2. The third kappa shape index (κ3) is 6.00. The Kier molecular flexibility index (Phi) is 8.38. The highest BCUT2D eigenvalue weighted by atomic mass is 79.9. The molecule has 0 unspecified atom stereocenters. The molecule has 1 heterocycles. The van der Waals surface area contributed by atoms with Crippen LogP contribution in [0.4, 0.5) is 0 Å². The smallest absolute Gasteiger partial charge is 0.282 e. The van der Waals surface area contributed by atoms with E-state index < -0.39 is 0 Å². The van der Waals surface area contributed by atoms with Crippen molar-refractivity contribution in [1.29, 1.82) is 0 Å². The maximum absolute atomic E-state index is 13.2. The van der Waals surface area contributed by atoms with Crippen molar-refractivity contribution in [3.63, 3.8) is 0 Å². The molecule has 0 fully saturated rings. The minimum atomic E-state index is -0.228. The molecule has 0 saturated heterocycles. The summed E-state index contributed by atoms with van der Waals surface area (Å²) in [4.78, 5) is 17.9. The number of ether oxygens (including phenoxy) is 1. The number of benzene rings is 3. The van der Waals surface area contributed by atoms with E-state index in [2.05, 4.69) is 57.9 Å². The Hall–Kier alpha value is -1.71. The van der Waals surface area contributed by atoms with E-state index in [1.807, 2.05) is 44.2 Å². The summed E-state index contributed by atoms with van der Waals surface area (Å²) in [6.07, 6.45) is 1.62. The fraction of sp³-hybridized carbons (Fsp3) is 0.160. The largest absolute Gasteiger partial charge is 0.486 e. The van der Waals surface area contributed by atoms with Crippen LogP contribution in [0.2, 0.25) is 10.0 Å². The Bertz CT molecular complexity index is 1500. The highest BCUT2D eigenvalue weighted by Gasteiger charge is 2.15. The minimum Gasteiger partial charge on any atom is -0.486 e. The van der Waals surface area contributed by atoms with Crippen LogP contribution in [0, 0.1) is 0 Å². The van der Waals surface area contributed by atoms with Crippen LogP contribution in [-0.2, 0) is 6.61 Å². The summed E-state index contributed by atoms with van der Waals surface area (Å²) in [5.74, 6) is 1.20. The van der Waals surface area contributed by atoms with Crippen molar-refractivity contribution in [2.24, 2.45) is 5.10 Å². The first-order valence-electron chi connectivity index (χ1n) is 10.5. The molecule has 0 atom stereocenters. The van der Waals surface area contributed by atoms with Crippen molar-refractivity contribution in [2.45, 2.75) is 26.4 Å². The molecule has 0 radical (unpaired) electrons. The number of nitrogens with zero attached hydrogens (tertiary/aromatic N) is 3. The Morgan fingerprint density at radius 3 is 2.43 bits per heavy atom. The lowest BCUT2D eigenvalue weighted by Gasteiger charge is -2.13. The maximum atomic E-state index is 13.2. The van der Waals surface area contributed by atoms with Gasteiger partial charge in [0, 0.05) is 26.0 Å². The standard InChI is InChI=1S/C25H18Br3Cl2N3O2/c1-13(2)24-32-22-6-4-16(26)9-18(22)25(34)33(24)31-11-14-7-19(27)23(20(28)8-14)35-12-15-3-5-17(29)10-21(15)30/h3-11,13H,12H2,1-2H3. The van der Waals surface area contributed by atoms with Gasteiger partial charge in [-0.25, -0.2) is 4.98 Å². The zero-order valence-electron chi connectivity index (χ0n) is 18.5. The molecule has 0 aliphatic carbocycles. The summed E-state index contributed by atoms with van der Waals surface area (Å²) >= 11 is 22.8. The molecule has 4 aromatic rings. The number of rotatable bonds is 6. The lowest BCUT2D eigenvalue weighted by atomic mass is 10.2. The summed E-state index contributed by atoms with van der Waals surface area (Å²) in [6.45, 7) is 4.22. The van der Waals surface area contributed by atoms with E-state index in [-0.39, 0.29) is 18.1 Å². The van der Waals surface area contributed by atoms with Crippen molar-refractivity contribution >= 4 is 88.1 Å². The third-order valence-electron chi connectivity index (χ3n) is 5.08. The molecule has 5 nitrogen and oxygen atoms in total. The van der Waals surface area contributed by atoms with Crippen LogP contribution in [0.5, 0.6) is 5.75 Å². The second-order valence-electron chi connectivity index (χ2n) is 7.99. The monoisotopic (exact) mass is 699 g/mol. The first-order chi connectivity index (χ1) is 16.6. The summed E-state index contributed by atoms with van der Waals surface area (Å²) in [5, 5.41) is 6.09. The van der Waals surface area contributed by atoms with Crippen molar-refractivity contribution in [3.05, 3.63) is 99.3 Å². The van der Waals surface area contributed by atoms with Gasteiger partial charge in [0.2, 0.25) is 0 Å². The van der Waals surface area contributed by atoms with E-state index in [0.29, 0.717) is 32.5 Å². The van der Waals surface area contributed by atoms with E-state index in [4.69, 9.17) is 27.9 Å². The number of aromatic nitrogens is 2. The molecule has 0 N–H and O–H groups in total. The van der Waals surface area contributed by atoms with Gasteiger partial charge in [-0.2, -0.15) is 9.78 Å². The van der Waals surface area contributed by atoms with Crippen LogP contribution in [-0.4, -0.2) is 15.9 Å². The molecule has 1 aromatic heterocycles. The molecular weight excluding hydrogens is 685 g/mol. The van der Waals surface area contributed by atoms with E-state index in [0.717, 1.165) is 24.5 Å². The average molecular weight is 703 g/mol. The second kappa shape index (κ2) is 11.1. The summed E-state index contributed by atoms with van der Waals surface area (Å²) in [5.41, 5.74) is 1.99. The number of hydrogen-bond donors (Lipinski definition) is 0. The van der Waals surface area contributed by atoms with Gasteiger partial charge in [0.1, 0.15) is 18.2 Å². The molecule has 0 spiro atoms. The minimum absolute atomic E-state index is 0.00170. The molecule has 10 heteroatoms. The quantitative estimate of drug-likeness (QED) is 0.189. The Labute approximate surface area is 237 Å². The van der Waals surface area contributed by atoms with Crippen LogP contribution in [0.1, 0.15) is 36.7 Å². The SMILES string of the molecule is CC(C)c1nc2ccc(Br)cc2c(=O)n1N=Cc1cc(Br)c(OCc2ccc(Cl)cc2Cl)c(Br)c1. The molecule has 4 rings (SSSR count). The van der Waals surface area contributed by atoms with E-state index in [9.17, 15) is 4.79 Å². The average Bonchev–Trinajstić information content (AvgIpc) is 2.79. The predicted molar refractivity (Wildman–Crippen MR) is 153 cm³/mol. The Morgan fingerprint density at radius 2 is 1.77 bits per heavy atom. The second-order valence-corrected chi connectivity index (χ2v) is 11.5. The Balaban J connectivity index is 1.65. The highest BCUT2D eigenvalue weighted by Crippen LogP contribution is 2.35. The summed E-state index contributed by atoms with van der Waals surface area (Å²) < 4.78 is 9.58.